The first-order valence-electron chi connectivity index (χ1n) is 27.7. The Morgan fingerprint density at radius 3 is 1.04 bits per heavy atom. The quantitative estimate of drug-likeness (QED) is 0.102. The van der Waals surface area contributed by atoms with Crippen LogP contribution in [0.5, 0.6) is 0 Å². The molecule has 0 saturated heterocycles. The third-order valence-corrected chi connectivity index (χ3v) is 16.4. The number of hydrogen-bond donors (Lipinski definition) is 0. The summed E-state index contributed by atoms with van der Waals surface area (Å²) in [5, 5.41) is 0. The summed E-state index contributed by atoms with van der Waals surface area (Å²) in [5.74, 6) is -0.294. The molecule has 0 aliphatic heterocycles. The molecule has 384 valence electrons. The van der Waals surface area contributed by atoms with Crippen LogP contribution < -0.4 is 0 Å². The Balaban J connectivity index is 1.03. The van der Waals surface area contributed by atoms with E-state index in [2.05, 4.69) is 207 Å². The molecule has 1 atom stereocenters. The fourth-order valence-corrected chi connectivity index (χ4v) is 12.1. The molecule has 1 aliphatic rings. The van der Waals surface area contributed by atoms with Crippen molar-refractivity contribution < 1.29 is 9.59 Å². The van der Waals surface area contributed by atoms with Crippen molar-refractivity contribution >= 4 is 17.1 Å². The molecule has 0 fully saturated rings. The summed E-state index contributed by atoms with van der Waals surface area (Å²) in [6, 6.07) is 105. The van der Waals surface area contributed by atoms with Crippen molar-refractivity contribution in [2.24, 2.45) is 0 Å². The molecule has 0 saturated carbocycles. The molecule has 2 heteroatoms. The number of carbonyl (C=O) groups excluding carboxylic acids is 2. The fraction of sp³-hybridized carbons (Fsp3) is 0.0380. The molecule has 12 aromatic rings. The van der Waals surface area contributed by atoms with Crippen LogP contribution >= 0.6 is 0 Å². The van der Waals surface area contributed by atoms with Gasteiger partial charge in [-0.25, -0.2) is 0 Å². The molecule has 2 nitrogen and oxygen atoms in total. The van der Waals surface area contributed by atoms with Crippen molar-refractivity contribution in [1.29, 1.82) is 0 Å². The molecule has 0 spiro atoms. The van der Waals surface area contributed by atoms with Crippen LogP contribution in [0.3, 0.4) is 0 Å². The minimum atomic E-state index is -1.02. The molecule has 0 N–H and O–H groups in total. The molecule has 0 bridgehead atoms. The van der Waals surface area contributed by atoms with Crippen molar-refractivity contribution in [2.75, 3.05) is 0 Å². The first-order chi connectivity index (χ1) is 39.8. The van der Waals surface area contributed by atoms with Crippen molar-refractivity contribution in [1.82, 2.24) is 0 Å². The Kier molecular flexibility index (Phi) is 13.3. The smallest absolute Gasteiger partial charge is 0.193 e. The Morgan fingerprint density at radius 2 is 0.617 bits per heavy atom. The molecule has 81 heavy (non-hydrogen) atoms. The predicted molar refractivity (Wildman–Crippen MR) is 334 cm³/mol. The number of hydrogen-bond acceptors (Lipinski definition) is 2. The molecular formula is C79H56O2. The molecule has 1 aliphatic carbocycles. The molecule has 0 heterocycles. The zero-order valence-corrected chi connectivity index (χ0v) is 45.0. The van der Waals surface area contributed by atoms with Gasteiger partial charge in [-0.15, -0.1) is 0 Å². The molecule has 0 amide bonds. The van der Waals surface area contributed by atoms with Gasteiger partial charge in [-0.05, 0) is 136 Å². The monoisotopic (exact) mass is 1040 g/mol. The highest BCUT2D eigenvalue weighted by Gasteiger charge is 2.47. The van der Waals surface area contributed by atoms with Gasteiger partial charge in [0.15, 0.2) is 11.6 Å². The van der Waals surface area contributed by atoms with E-state index < -0.39 is 5.41 Å². The third kappa shape index (κ3) is 9.47. The molecule has 13 rings (SSSR count). The van der Waals surface area contributed by atoms with Gasteiger partial charge in [0, 0.05) is 28.2 Å². The summed E-state index contributed by atoms with van der Waals surface area (Å²) < 4.78 is 0. The van der Waals surface area contributed by atoms with Crippen molar-refractivity contribution in [3.05, 3.63) is 377 Å². The average Bonchev–Trinajstić information content (AvgIpc) is 2.87. The summed E-state index contributed by atoms with van der Waals surface area (Å²) in [6.45, 7) is 7.04. The number of benzene rings is 12. The normalized spacial score (nSPS) is 12.5. The highest BCUT2D eigenvalue weighted by Crippen LogP contribution is 2.57. The van der Waals surface area contributed by atoms with Crippen molar-refractivity contribution in [3.8, 4) is 55.6 Å². The van der Waals surface area contributed by atoms with Gasteiger partial charge in [-0.3, -0.25) is 9.59 Å². The van der Waals surface area contributed by atoms with E-state index in [9.17, 15) is 0 Å². The molecular weight excluding hydrogens is 981 g/mol. The first kappa shape index (κ1) is 50.2. The highest BCUT2D eigenvalue weighted by atomic mass is 16.1. The molecule has 0 aromatic heterocycles. The summed E-state index contributed by atoms with van der Waals surface area (Å²) in [4.78, 5) is 30.9. The Morgan fingerprint density at radius 1 is 0.296 bits per heavy atom. The van der Waals surface area contributed by atoms with Crippen LogP contribution in [0.4, 0.5) is 0 Å². The Labute approximate surface area is 474 Å². The zero-order valence-electron chi connectivity index (χ0n) is 45.0. The van der Waals surface area contributed by atoms with Gasteiger partial charge in [-0.1, -0.05) is 286 Å². The number of rotatable bonds is 14. The maximum atomic E-state index is 15.5. The number of fused-ring (bicyclic) bond motifs is 3. The molecule has 0 radical (unpaired) electrons. The second-order valence-electron chi connectivity index (χ2n) is 21.2. The van der Waals surface area contributed by atoms with Crippen LogP contribution in [0.2, 0.25) is 0 Å². The van der Waals surface area contributed by atoms with E-state index in [0.29, 0.717) is 22.3 Å². The van der Waals surface area contributed by atoms with E-state index >= 15 is 9.59 Å². The van der Waals surface area contributed by atoms with E-state index in [1.165, 1.54) is 0 Å². The van der Waals surface area contributed by atoms with Gasteiger partial charge in [0.2, 0.25) is 0 Å². The third-order valence-electron chi connectivity index (χ3n) is 16.4. The summed E-state index contributed by atoms with van der Waals surface area (Å²) in [5.41, 5.74) is 20.9. The van der Waals surface area contributed by atoms with E-state index in [0.717, 1.165) is 106 Å². The van der Waals surface area contributed by atoms with E-state index in [4.69, 9.17) is 6.58 Å². The van der Waals surface area contributed by atoms with Crippen LogP contribution in [0.1, 0.15) is 89.2 Å². The lowest BCUT2D eigenvalue weighted by atomic mass is 9.66. The maximum absolute atomic E-state index is 15.5. The van der Waals surface area contributed by atoms with Crippen molar-refractivity contribution in [3.63, 3.8) is 0 Å². The highest BCUT2D eigenvalue weighted by molar-refractivity contribution is 6.11. The van der Waals surface area contributed by atoms with Gasteiger partial charge in [0.25, 0.3) is 0 Å². The van der Waals surface area contributed by atoms with Crippen LogP contribution in [-0.2, 0) is 5.41 Å². The first-order valence-corrected chi connectivity index (χ1v) is 27.7. The van der Waals surface area contributed by atoms with Gasteiger partial charge in [0.05, 0.1) is 5.41 Å². The van der Waals surface area contributed by atoms with Crippen LogP contribution in [-0.4, -0.2) is 11.6 Å². The summed E-state index contributed by atoms with van der Waals surface area (Å²) >= 11 is 0. The minimum absolute atomic E-state index is 0.0741. The summed E-state index contributed by atoms with van der Waals surface area (Å²) in [7, 11) is 0. The number of carbonyl (C=O) groups is 2. The zero-order chi connectivity index (χ0) is 54.9. The lowest BCUT2D eigenvalue weighted by Crippen LogP contribution is -2.30. The van der Waals surface area contributed by atoms with Crippen molar-refractivity contribution in [2.45, 2.75) is 18.3 Å². The lowest BCUT2D eigenvalue weighted by Gasteiger charge is -2.35. The SMILES string of the molecule is C=C(c1ccc(-c2ccccc2)cc1)c1cc(C(=O)c2ccc(-c3ccccc3)cc2)cc(C2(c3cc(C(=O)c4ccc(-c5ccccc5)cc4)cc(C(C)c4ccc(-c5ccccc5)cc4)c3)c3ccccc3-c3ccccc32)c1. The van der Waals surface area contributed by atoms with Crippen LogP contribution in [0, 0.1) is 0 Å². The van der Waals surface area contributed by atoms with E-state index in [-0.39, 0.29) is 17.5 Å². The molecule has 1 unspecified atom stereocenters. The lowest BCUT2D eigenvalue weighted by molar-refractivity contribution is 0.103. The Bertz CT molecular complexity index is 4120. The minimum Gasteiger partial charge on any atom is -0.289 e. The van der Waals surface area contributed by atoms with E-state index in [1.807, 2.05) is 103 Å². The molecule has 12 aromatic carbocycles. The van der Waals surface area contributed by atoms with Gasteiger partial charge in [0.1, 0.15) is 0 Å². The second kappa shape index (κ2) is 21.5. The van der Waals surface area contributed by atoms with E-state index in [1.54, 1.807) is 0 Å². The standard InChI is InChI=1S/C79H56O2/c1-53(55-31-35-61(36-32-55)57-19-7-3-8-20-57)67-47-69(77(80)65-43-39-63(40-44-65)59-23-11-5-12-24-59)51-71(49-67)79(75-29-17-15-27-73(75)74-28-16-18-30-76(74)79)72-50-68(54(2)56-33-37-62(38-34-56)58-21-9-4-10-22-58)48-70(52-72)78(81)66-45-41-64(42-46-66)60-25-13-6-14-26-60/h3-52,54H,1H2,2H3. The van der Waals surface area contributed by atoms with Gasteiger partial charge >= 0.3 is 0 Å². The van der Waals surface area contributed by atoms with Gasteiger partial charge < -0.3 is 0 Å². The van der Waals surface area contributed by atoms with Crippen LogP contribution in [0.15, 0.2) is 310 Å². The number of ketones is 2. The Hall–Kier alpha value is -10.3. The fourth-order valence-electron chi connectivity index (χ4n) is 12.1. The second-order valence-corrected chi connectivity index (χ2v) is 21.2. The predicted octanol–water partition coefficient (Wildman–Crippen LogP) is 19.4. The maximum Gasteiger partial charge on any atom is 0.193 e. The van der Waals surface area contributed by atoms with Gasteiger partial charge in [-0.2, -0.15) is 0 Å². The van der Waals surface area contributed by atoms with Crippen LogP contribution in [0.25, 0.3) is 61.2 Å². The largest absolute Gasteiger partial charge is 0.289 e. The summed E-state index contributed by atoms with van der Waals surface area (Å²) in [6.07, 6.45) is 0. The topological polar surface area (TPSA) is 34.1 Å². The average molecular weight is 1040 g/mol.